The van der Waals surface area contributed by atoms with E-state index in [2.05, 4.69) is 21.5 Å². The number of amides is 3. The van der Waals surface area contributed by atoms with Crippen molar-refractivity contribution in [2.45, 2.75) is 44.5 Å². The van der Waals surface area contributed by atoms with Crippen molar-refractivity contribution in [1.29, 1.82) is 0 Å². The molecular weight excluding hydrogens is 574 g/mol. The Balaban J connectivity index is 1.55. The average Bonchev–Trinajstić information content (AvgIpc) is 3.48. The van der Waals surface area contributed by atoms with Gasteiger partial charge < -0.3 is 15.4 Å². The van der Waals surface area contributed by atoms with Crippen molar-refractivity contribution in [3.05, 3.63) is 76.3 Å². The number of urea groups is 1. The number of nitrogens with zero attached hydrogens (tertiary/aromatic N) is 2. The molecule has 2 aliphatic heterocycles. The summed E-state index contributed by atoms with van der Waals surface area (Å²) in [4.78, 5) is 49.0. The van der Waals surface area contributed by atoms with Gasteiger partial charge in [-0.3, -0.25) is 19.5 Å². The van der Waals surface area contributed by atoms with Gasteiger partial charge in [-0.1, -0.05) is 35.9 Å². The Morgan fingerprint density at radius 1 is 1.26 bits per heavy atom. The van der Waals surface area contributed by atoms with Crippen LogP contribution in [0.5, 0.6) is 0 Å². The van der Waals surface area contributed by atoms with E-state index in [1.165, 1.54) is 42.3 Å². The van der Waals surface area contributed by atoms with E-state index in [1.54, 1.807) is 18.2 Å². The second-order valence-electron chi connectivity index (χ2n) is 9.69. The molecule has 0 aromatic heterocycles. The molecule has 226 valence electrons. The molecule has 2 aliphatic rings. The van der Waals surface area contributed by atoms with Crippen molar-refractivity contribution in [2.75, 3.05) is 26.2 Å². The molecule has 0 bridgehead atoms. The van der Waals surface area contributed by atoms with E-state index in [0.29, 0.717) is 36.5 Å². The van der Waals surface area contributed by atoms with Gasteiger partial charge in [-0.2, -0.15) is 5.06 Å². The molecule has 3 amide bonds. The van der Waals surface area contributed by atoms with Crippen molar-refractivity contribution in [2.24, 2.45) is 0 Å². The largest absolute Gasteiger partial charge is 0.370 e. The number of nitrogens with one attached hydrogen (secondary N) is 4. The summed E-state index contributed by atoms with van der Waals surface area (Å²) < 4.78 is 27.9. The molecule has 2 aromatic carbocycles. The minimum atomic E-state index is -0.870. The molecule has 0 spiro atoms. The van der Waals surface area contributed by atoms with Gasteiger partial charge in [0.2, 0.25) is 5.91 Å². The van der Waals surface area contributed by atoms with Gasteiger partial charge in [0.1, 0.15) is 24.0 Å². The highest BCUT2D eigenvalue weighted by Gasteiger charge is 2.38. The van der Waals surface area contributed by atoms with E-state index in [4.69, 9.17) is 21.3 Å². The molecule has 0 aliphatic carbocycles. The number of piperazine rings is 1. The molecular formula is C28H33ClF2N6O5. The second-order valence-corrected chi connectivity index (χ2v) is 10.1. The number of hydrazine groups is 1. The van der Waals surface area contributed by atoms with Crippen LogP contribution in [0.4, 0.5) is 13.6 Å². The van der Waals surface area contributed by atoms with E-state index >= 15 is 0 Å². The number of rotatable bonds is 12. The van der Waals surface area contributed by atoms with Crippen LogP contribution in [0.15, 0.2) is 48.5 Å². The van der Waals surface area contributed by atoms with Crippen LogP contribution in [-0.2, 0) is 25.8 Å². The topological polar surface area (TPSA) is 124 Å². The first-order valence-corrected chi connectivity index (χ1v) is 13.9. The minimum absolute atomic E-state index is 0.00654. The first-order valence-electron chi connectivity index (χ1n) is 13.5. The van der Waals surface area contributed by atoms with Crippen molar-refractivity contribution in [3.63, 3.8) is 0 Å². The fourth-order valence-corrected chi connectivity index (χ4v) is 5.08. The number of benzene rings is 2. The number of hydrogen-bond donors (Lipinski definition) is 4. The van der Waals surface area contributed by atoms with Crippen LogP contribution in [0.25, 0.3) is 5.70 Å². The number of aldehydes is 1. The number of hydroxylamine groups is 3. The zero-order chi connectivity index (χ0) is 30.1. The summed E-state index contributed by atoms with van der Waals surface area (Å²) in [6, 6.07) is 8.15. The summed E-state index contributed by atoms with van der Waals surface area (Å²) >= 11 is 6.12. The number of halogens is 3. The molecule has 42 heavy (non-hydrogen) atoms. The van der Waals surface area contributed by atoms with Gasteiger partial charge in [0, 0.05) is 45.1 Å². The summed E-state index contributed by atoms with van der Waals surface area (Å²) in [6.07, 6.45) is 1.76. The van der Waals surface area contributed by atoms with Crippen LogP contribution in [0.2, 0.25) is 5.02 Å². The lowest BCUT2D eigenvalue weighted by Crippen LogP contribution is -2.64. The maximum atomic E-state index is 14.0. The summed E-state index contributed by atoms with van der Waals surface area (Å²) in [6.45, 7) is 3.16. The molecule has 0 saturated carbocycles. The van der Waals surface area contributed by atoms with Gasteiger partial charge in [-0.05, 0) is 36.3 Å². The second kappa shape index (κ2) is 15.1. The summed E-state index contributed by atoms with van der Waals surface area (Å²) in [5, 5.41) is 8.78. The van der Waals surface area contributed by atoms with Gasteiger partial charge in [-0.15, -0.1) is 0 Å². The molecule has 4 rings (SSSR count). The predicted molar refractivity (Wildman–Crippen MR) is 150 cm³/mol. The fraction of sp³-hybridized carbons (Fsp3) is 0.393. The maximum Gasteiger partial charge on any atom is 0.370 e. The lowest BCUT2D eigenvalue weighted by molar-refractivity contribution is -0.147. The molecule has 2 unspecified atom stereocenters. The first kappa shape index (κ1) is 31.5. The predicted octanol–water partition coefficient (Wildman–Crippen LogP) is 2.68. The fourth-order valence-electron chi connectivity index (χ4n) is 4.89. The smallest absolute Gasteiger partial charge is 0.314 e. The van der Waals surface area contributed by atoms with Crippen LogP contribution < -0.4 is 21.5 Å². The van der Waals surface area contributed by atoms with Gasteiger partial charge in [0.15, 0.2) is 0 Å². The number of carbonyl (C=O) groups excluding carboxylic acids is 3. The zero-order valence-corrected chi connectivity index (χ0v) is 23.7. The van der Waals surface area contributed by atoms with E-state index in [9.17, 15) is 23.2 Å². The molecule has 14 heteroatoms. The Kier molecular flexibility index (Phi) is 11.3. The molecule has 2 aromatic rings. The third-order valence-corrected chi connectivity index (χ3v) is 7.28. The van der Waals surface area contributed by atoms with Gasteiger partial charge >= 0.3 is 6.03 Å². The van der Waals surface area contributed by atoms with Crippen molar-refractivity contribution in [3.8, 4) is 0 Å². The van der Waals surface area contributed by atoms with Crippen molar-refractivity contribution >= 4 is 35.5 Å². The van der Waals surface area contributed by atoms with E-state index in [1.807, 2.05) is 0 Å². The lowest BCUT2D eigenvalue weighted by Gasteiger charge is -2.41. The Hall–Kier alpha value is -3.46. The van der Waals surface area contributed by atoms with Crippen molar-refractivity contribution < 1.29 is 32.8 Å². The highest BCUT2D eigenvalue weighted by atomic mass is 35.5. The Labute approximate surface area is 247 Å². The monoisotopic (exact) mass is 606 g/mol. The van der Waals surface area contributed by atoms with Gasteiger partial charge in [-0.25, -0.2) is 24.5 Å². The quantitative estimate of drug-likeness (QED) is 0.215. The normalized spacial score (nSPS) is 18.2. The molecule has 1 saturated heterocycles. The standard InChI is InChI=1S/C28H33ClF2N6O5/c1-18(39)36(34-16-20-6-3-8-22(31)26(20)29)25(9-4-13-38)27(23-17-32-11-12-33-23)42-35-28(40)37-24(10-14-41-37)19-5-2-7-21(30)15-19/h2-3,5-8,10,13,15,23,25,27,32-34H,4,9,11-12,14,16-17H2,1H3,(H,35,40)/t23?,25-,27?/m0/s1. The van der Waals surface area contributed by atoms with Crippen LogP contribution in [-0.4, -0.2) is 72.7 Å². The van der Waals surface area contributed by atoms with Gasteiger partial charge in [0.05, 0.1) is 29.4 Å². The summed E-state index contributed by atoms with van der Waals surface area (Å²) in [5.41, 5.74) is 6.61. The third kappa shape index (κ3) is 7.88. The average molecular weight is 607 g/mol. The van der Waals surface area contributed by atoms with E-state index in [-0.39, 0.29) is 31.0 Å². The molecule has 3 atom stereocenters. The molecule has 0 radical (unpaired) electrons. The molecule has 2 heterocycles. The highest BCUT2D eigenvalue weighted by Crippen LogP contribution is 2.26. The molecule has 11 nitrogen and oxygen atoms in total. The molecule has 4 N–H and O–H groups in total. The van der Waals surface area contributed by atoms with Gasteiger partial charge in [0.25, 0.3) is 0 Å². The van der Waals surface area contributed by atoms with Crippen LogP contribution in [0, 0.1) is 11.6 Å². The molecule has 1 fully saturated rings. The highest BCUT2D eigenvalue weighted by molar-refractivity contribution is 6.31. The Bertz CT molecular complexity index is 1300. The van der Waals surface area contributed by atoms with Crippen LogP contribution in [0.3, 0.4) is 0 Å². The van der Waals surface area contributed by atoms with Crippen LogP contribution in [0.1, 0.15) is 30.9 Å². The van der Waals surface area contributed by atoms with Crippen molar-refractivity contribution in [1.82, 2.24) is 31.6 Å². The summed E-state index contributed by atoms with van der Waals surface area (Å²) in [7, 11) is 0. The number of hydrogen-bond acceptors (Lipinski definition) is 8. The van der Waals surface area contributed by atoms with E-state index in [0.717, 1.165) is 11.3 Å². The zero-order valence-electron chi connectivity index (χ0n) is 22.9. The van der Waals surface area contributed by atoms with Crippen LogP contribution >= 0.6 is 11.6 Å². The SMILES string of the molecule is CC(=O)N(NCc1cccc(F)c1Cl)[C@@H](CCC=O)C(ONC(=O)N1OCC=C1c1cccc(F)c1)C1CNCCN1. The lowest BCUT2D eigenvalue weighted by atomic mass is 9.97. The van der Waals surface area contributed by atoms with E-state index < -0.39 is 41.8 Å². The first-order chi connectivity index (χ1) is 20.3. The Morgan fingerprint density at radius 3 is 2.79 bits per heavy atom. The maximum absolute atomic E-state index is 14.0. The third-order valence-electron chi connectivity index (χ3n) is 6.86. The summed E-state index contributed by atoms with van der Waals surface area (Å²) in [5.74, 6) is -1.47. The number of carbonyl (C=O) groups is 3. The Morgan fingerprint density at radius 2 is 2.07 bits per heavy atom. The minimum Gasteiger partial charge on any atom is -0.314 e.